The number of anilines is 1. The molecule has 0 unspecified atom stereocenters. The fourth-order valence-electron chi connectivity index (χ4n) is 5.44. The Morgan fingerprint density at radius 3 is 2.67 bits per heavy atom. The third-order valence-corrected chi connectivity index (χ3v) is 7.57. The average Bonchev–Trinajstić information content (AvgIpc) is 3.83. The van der Waals surface area contributed by atoms with Crippen molar-refractivity contribution in [1.82, 2.24) is 14.8 Å². The van der Waals surface area contributed by atoms with E-state index in [4.69, 9.17) is 5.26 Å². The molecule has 8 nitrogen and oxygen atoms in total. The van der Waals surface area contributed by atoms with Gasteiger partial charge in [0, 0.05) is 42.5 Å². The number of halogens is 4. The molecular formula is C30H25F4N5O3. The van der Waals surface area contributed by atoms with Crippen molar-refractivity contribution in [2.45, 2.75) is 37.9 Å². The molecule has 42 heavy (non-hydrogen) atoms. The van der Waals surface area contributed by atoms with Crippen LogP contribution in [0.3, 0.4) is 0 Å². The number of nitriles is 1. The number of aryl methyl sites for hydroxylation is 1. The molecule has 2 N–H and O–H groups in total. The number of rotatable bonds is 6. The minimum Gasteiger partial charge on any atom is -0.395 e. The Balaban J connectivity index is 0.000000157. The lowest BCUT2D eigenvalue weighted by molar-refractivity contribution is -0.286. The molecule has 7 rings (SSSR count). The van der Waals surface area contributed by atoms with Gasteiger partial charge in [0.1, 0.15) is 11.8 Å². The molecule has 2 fully saturated rings. The molecule has 0 spiro atoms. The van der Waals surface area contributed by atoms with Crippen molar-refractivity contribution < 1.29 is 31.8 Å². The molecule has 2 aliphatic carbocycles. The maximum Gasteiger partial charge on any atom is 0.586 e. The van der Waals surface area contributed by atoms with Crippen molar-refractivity contribution in [2.24, 2.45) is 18.9 Å². The molecule has 12 heteroatoms. The number of aromatic nitrogens is 3. The Morgan fingerprint density at radius 1 is 1.14 bits per heavy atom. The summed E-state index contributed by atoms with van der Waals surface area (Å²) in [6, 6.07) is 14.2. The Kier molecular flexibility index (Phi) is 6.88. The maximum atomic E-state index is 13.0. The van der Waals surface area contributed by atoms with E-state index in [1.54, 1.807) is 18.3 Å². The van der Waals surface area contributed by atoms with Gasteiger partial charge in [-0.05, 0) is 54.7 Å². The highest BCUT2D eigenvalue weighted by Gasteiger charge is 2.48. The van der Waals surface area contributed by atoms with E-state index in [9.17, 15) is 22.4 Å². The first-order valence-electron chi connectivity index (χ1n) is 13.3. The summed E-state index contributed by atoms with van der Waals surface area (Å²) >= 11 is 0. The van der Waals surface area contributed by atoms with E-state index in [-0.39, 0.29) is 17.1 Å². The predicted molar refractivity (Wildman–Crippen MR) is 143 cm³/mol. The molecule has 2 saturated carbocycles. The van der Waals surface area contributed by atoms with E-state index in [0.29, 0.717) is 22.6 Å². The fourth-order valence-corrected chi connectivity index (χ4v) is 5.44. The zero-order valence-corrected chi connectivity index (χ0v) is 22.3. The number of aromatic amines is 1. The molecule has 4 aromatic rings. The van der Waals surface area contributed by atoms with Crippen LogP contribution in [-0.4, -0.2) is 27.0 Å². The van der Waals surface area contributed by atoms with Gasteiger partial charge in [0.05, 0.1) is 11.1 Å². The lowest BCUT2D eigenvalue weighted by atomic mass is 10.0. The summed E-state index contributed by atoms with van der Waals surface area (Å²) in [5.74, 6) is 1.41. The Morgan fingerprint density at radius 2 is 1.93 bits per heavy atom. The van der Waals surface area contributed by atoms with Gasteiger partial charge in [0.2, 0.25) is 0 Å². The van der Waals surface area contributed by atoms with Crippen LogP contribution < -0.4 is 14.8 Å². The zero-order valence-electron chi connectivity index (χ0n) is 22.3. The Hall–Kier alpha value is -4.79. The third-order valence-electron chi connectivity index (χ3n) is 7.57. The highest BCUT2D eigenvalue weighted by molar-refractivity contribution is 6.05. The van der Waals surface area contributed by atoms with Gasteiger partial charge in [-0.15, -0.1) is 8.78 Å². The van der Waals surface area contributed by atoms with Gasteiger partial charge in [0.15, 0.2) is 11.5 Å². The predicted octanol–water partition coefficient (Wildman–Crippen LogP) is 7.00. The van der Waals surface area contributed by atoms with Crippen LogP contribution in [0.4, 0.5) is 23.2 Å². The normalized spacial score (nSPS) is 19.5. The summed E-state index contributed by atoms with van der Waals surface area (Å²) in [7, 11) is 1.53. The highest BCUT2D eigenvalue weighted by atomic mass is 19.3. The summed E-state index contributed by atoms with van der Waals surface area (Å²) in [4.78, 5) is 15.2. The number of nitrogens with one attached hydrogen (secondary N) is 2. The number of hydrogen-bond acceptors (Lipinski definition) is 5. The summed E-state index contributed by atoms with van der Waals surface area (Å²) in [5, 5.41) is 15.4. The number of carbonyl (C=O) groups is 1. The first-order valence-corrected chi connectivity index (χ1v) is 13.3. The van der Waals surface area contributed by atoms with Crippen molar-refractivity contribution in [3.8, 4) is 28.7 Å². The number of ether oxygens (including phenoxy) is 2. The summed E-state index contributed by atoms with van der Waals surface area (Å²) in [5.41, 5.74) is 2.52. The van der Waals surface area contributed by atoms with E-state index in [1.165, 1.54) is 43.0 Å². The molecule has 2 aromatic carbocycles. The van der Waals surface area contributed by atoms with E-state index < -0.39 is 24.3 Å². The molecule has 3 heterocycles. The molecule has 0 bridgehead atoms. The topological polar surface area (TPSA) is 105 Å². The van der Waals surface area contributed by atoms with Gasteiger partial charge >= 0.3 is 6.29 Å². The zero-order chi connectivity index (χ0) is 29.6. The monoisotopic (exact) mass is 579 g/mol. The number of nitrogens with zero attached hydrogens (tertiary/aromatic N) is 3. The number of carbonyl (C=O) groups excluding carboxylic acids is 1. The molecule has 216 valence electrons. The summed E-state index contributed by atoms with van der Waals surface area (Å²) < 4.78 is 62.2. The van der Waals surface area contributed by atoms with Crippen LogP contribution in [-0.2, 0) is 7.05 Å². The number of hydrogen-bond donors (Lipinski definition) is 2. The van der Waals surface area contributed by atoms with Crippen LogP contribution in [0.15, 0.2) is 61.1 Å². The first kappa shape index (κ1) is 27.4. The number of amides is 1. The number of alkyl halides is 4. The van der Waals surface area contributed by atoms with E-state index in [0.717, 1.165) is 29.5 Å². The molecule has 2 aromatic heterocycles. The Bertz CT molecular complexity index is 1690. The van der Waals surface area contributed by atoms with Crippen LogP contribution in [0, 0.1) is 23.2 Å². The van der Waals surface area contributed by atoms with E-state index in [1.807, 2.05) is 30.3 Å². The summed E-state index contributed by atoms with van der Waals surface area (Å²) in [6.07, 6.45) is 1.71. The third kappa shape index (κ3) is 5.42. The van der Waals surface area contributed by atoms with Gasteiger partial charge in [-0.25, -0.2) is 8.78 Å². The smallest absolute Gasteiger partial charge is 0.395 e. The van der Waals surface area contributed by atoms with Gasteiger partial charge in [-0.3, -0.25) is 9.48 Å². The van der Waals surface area contributed by atoms with Crippen molar-refractivity contribution in [3.05, 3.63) is 83.4 Å². The fraction of sp³-hybridized carbons (Fsp3) is 0.300. The minimum absolute atomic E-state index is 0.0393. The van der Waals surface area contributed by atoms with Crippen LogP contribution in [0.2, 0.25) is 0 Å². The van der Waals surface area contributed by atoms with Crippen LogP contribution >= 0.6 is 0 Å². The minimum atomic E-state index is -3.67. The van der Waals surface area contributed by atoms with Gasteiger partial charge in [-0.2, -0.15) is 10.4 Å². The second-order valence-corrected chi connectivity index (χ2v) is 10.5. The molecule has 0 saturated heterocycles. The standard InChI is InChI=1S/C18H19F2N3O.C12H6F2N2O2/c1-23-9-14(16(22-23)17(19)20)18(24)21-15-5-3-2-4-11(15)13-8-12(13)10-6-7-10;13-12(14)17-10-3-1-2-8(11(10)18-12)9-6-16-5-7(9)4-15/h2-5,9-10,12-13,17H,6-8H2,1H3,(H,21,24);1-3,5-6,16H/t12-,13-;/m0./s1. The van der Waals surface area contributed by atoms with Gasteiger partial charge in [-0.1, -0.05) is 30.3 Å². The second kappa shape index (κ2) is 10.6. The van der Waals surface area contributed by atoms with Crippen molar-refractivity contribution in [3.63, 3.8) is 0 Å². The largest absolute Gasteiger partial charge is 0.586 e. The molecule has 1 amide bonds. The number of benzene rings is 2. The van der Waals surface area contributed by atoms with Gasteiger partial charge in [0.25, 0.3) is 12.3 Å². The molecule has 2 atom stereocenters. The second-order valence-electron chi connectivity index (χ2n) is 10.5. The molecule has 1 aliphatic heterocycles. The first-order chi connectivity index (χ1) is 20.1. The van der Waals surface area contributed by atoms with E-state index in [2.05, 4.69) is 24.9 Å². The quantitative estimate of drug-likeness (QED) is 0.240. The Labute approximate surface area is 237 Å². The van der Waals surface area contributed by atoms with Gasteiger partial charge < -0.3 is 19.8 Å². The lowest BCUT2D eigenvalue weighted by Gasteiger charge is -2.11. The highest BCUT2D eigenvalue weighted by Crippen LogP contribution is 2.60. The average molecular weight is 580 g/mol. The van der Waals surface area contributed by atoms with Crippen LogP contribution in [0.1, 0.15) is 58.8 Å². The van der Waals surface area contributed by atoms with Crippen LogP contribution in [0.5, 0.6) is 11.5 Å². The van der Waals surface area contributed by atoms with E-state index >= 15 is 0 Å². The van der Waals surface area contributed by atoms with Crippen molar-refractivity contribution in [2.75, 3.05) is 5.32 Å². The van der Waals surface area contributed by atoms with Crippen molar-refractivity contribution >= 4 is 11.6 Å². The SMILES string of the molecule is Cn1cc(C(=O)Nc2ccccc2[C@@H]2C[C@H]2C2CC2)c(C(F)F)n1.N#Cc1c[nH]cc1-c1cccc2c1OC(F)(F)O2. The number of H-pyrrole nitrogens is 1. The van der Waals surface area contributed by atoms with Crippen LogP contribution in [0.25, 0.3) is 11.1 Å². The maximum absolute atomic E-state index is 13.0. The lowest BCUT2D eigenvalue weighted by Crippen LogP contribution is -2.26. The number of fused-ring (bicyclic) bond motifs is 1. The number of para-hydroxylation sites is 2. The molecular weight excluding hydrogens is 554 g/mol. The molecule has 0 radical (unpaired) electrons. The van der Waals surface area contributed by atoms with Crippen molar-refractivity contribution in [1.29, 1.82) is 5.26 Å². The summed E-state index contributed by atoms with van der Waals surface area (Å²) in [6.45, 7) is 0. The molecule has 3 aliphatic rings.